The third kappa shape index (κ3) is 6.07. The van der Waals surface area contributed by atoms with E-state index in [1.807, 2.05) is 6.07 Å². The molecule has 0 aromatic carbocycles. The maximum absolute atomic E-state index is 8.50. The summed E-state index contributed by atoms with van der Waals surface area (Å²) in [7, 11) is 3.44. The lowest BCUT2D eigenvalue weighted by molar-refractivity contribution is 0.871. The monoisotopic (exact) mass is 231 g/mol. The van der Waals surface area contributed by atoms with E-state index >= 15 is 0 Å². The summed E-state index contributed by atoms with van der Waals surface area (Å²) in [6, 6.07) is 1.81. The van der Waals surface area contributed by atoms with Crippen molar-refractivity contribution in [3.8, 4) is 6.07 Å². The number of nitrogens with zero attached hydrogens (tertiary/aromatic N) is 3. The first-order valence-electron chi connectivity index (χ1n) is 4.95. The molecule has 0 radical (unpaired) electrons. The van der Waals surface area contributed by atoms with Gasteiger partial charge in [0.05, 0.1) is 5.71 Å². The highest BCUT2D eigenvalue weighted by Crippen LogP contribution is 1.98. The van der Waals surface area contributed by atoms with Gasteiger partial charge < -0.3 is 11.1 Å². The molecule has 0 amide bonds. The molecule has 0 bridgehead atoms. The van der Waals surface area contributed by atoms with Crippen molar-refractivity contribution in [1.29, 1.82) is 5.26 Å². The molecule has 0 aromatic heterocycles. The summed E-state index contributed by atoms with van der Waals surface area (Å²) in [6.07, 6.45) is 3.15. The van der Waals surface area contributed by atoms with Crippen LogP contribution >= 0.6 is 0 Å². The standard InChI is InChI=1S/C12H17N5/c1-9(7-17-10(2)6-13)12(16-4)5-11(14)8-15-3/h5,7,15H,1-2,8,14H2,3-4H3. The summed E-state index contributed by atoms with van der Waals surface area (Å²) in [5.41, 5.74) is 7.69. The van der Waals surface area contributed by atoms with Gasteiger partial charge in [-0.2, -0.15) is 5.26 Å². The number of nitrogens with one attached hydrogen (secondary N) is 1. The fraction of sp³-hybridized carbons (Fsp3) is 0.250. The van der Waals surface area contributed by atoms with Crippen LogP contribution in [0.15, 0.2) is 46.2 Å². The molecule has 0 heterocycles. The van der Waals surface area contributed by atoms with Gasteiger partial charge in [-0.05, 0) is 13.1 Å². The Morgan fingerprint density at radius 1 is 1.53 bits per heavy atom. The first-order chi connectivity index (χ1) is 8.04. The Bertz CT molecular complexity index is 421. The van der Waals surface area contributed by atoms with Crippen molar-refractivity contribution in [1.82, 2.24) is 5.32 Å². The third-order valence-corrected chi connectivity index (χ3v) is 1.78. The van der Waals surface area contributed by atoms with E-state index in [4.69, 9.17) is 11.0 Å². The highest BCUT2D eigenvalue weighted by molar-refractivity contribution is 6.21. The lowest BCUT2D eigenvalue weighted by atomic mass is 10.1. The predicted molar refractivity (Wildman–Crippen MR) is 71.9 cm³/mol. The number of hydrogen-bond acceptors (Lipinski definition) is 5. The molecule has 0 unspecified atom stereocenters. The second-order valence-corrected chi connectivity index (χ2v) is 3.20. The van der Waals surface area contributed by atoms with Crippen LogP contribution in [-0.4, -0.2) is 32.6 Å². The lowest BCUT2D eigenvalue weighted by Crippen LogP contribution is -2.17. The van der Waals surface area contributed by atoms with Gasteiger partial charge >= 0.3 is 0 Å². The molecular formula is C12H17N5. The van der Waals surface area contributed by atoms with Crippen LogP contribution in [0, 0.1) is 11.3 Å². The number of allylic oxidation sites excluding steroid dienone is 3. The Balaban J connectivity index is 4.77. The summed E-state index contributed by atoms with van der Waals surface area (Å²) in [5, 5.41) is 11.4. The van der Waals surface area contributed by atoms with Crippen molar-refractivity contribution in [2.24, 2.45) is 15.7 Å². The quantitative estimate of drug-likeness (QED) is 0.523. The fourth-order valence-electron chi connectivity index (χ4n) is 0.982. The van der Waals surface area contributed by atoms with Crippen molar-refractivity contribution in [2.45, 2.75) is 0 Å². The van der Waals surface area contributed by atoms with Crippen LogP contribution in [0.2, 0.25) is 0 Å². The zero-order valence-electron chi connectivity index (χ0n) is 10.2. The minimum absolute atomic E-state index is 0.119. The van der Waals surface area contributed by atoms with Gasteiger partial charge in [-0.3, -0.25) is 4.99 Å². The van der Waals surface area contributed by atoms with Crippen LogP contribution in [0.5, 0.6) is 0 Å². The first kappa shape index (κ1) is 14.8. The molecule has 0 saturated carbocycles. The average molecular weight is 231 g/mol. The number of nitrogens with two attached hydrogens (primary N) is 1. The van der Waals surface area contributed by atoms with E-state index in [1.165, 1.54) is 6.21 Å². The van der Waals surface area contributed by atoms with Crippen molar-refractivity contribution >= 4 is 11.9 Å². The summed E-state index contributed by atoms with van der Waals surface area (Å²) in [4.78, 5) is 7.86. The minimum Gasteiger partial charge on any atom is -0.401 e. The number of nitriles is 1. The lowest BCUT2D eigenvalue weighted by Gasteiger charge is -2.02. The molecule has 5 nitrogen and oxygen atoms in total. The van der Waals surface area contributed by atoms with E-state index in [-0.39, 0.29) is 5.70 Å². The van der Waals surface area contributed by atoms with Gasteiger partial charge in [-0.1, -0.05) is 13.2 Å². The molecule has 0 aliphatic carbocycles. The fourth-order valence-corrected chi connectivity index (χ4v) is 0.982. The zero-order chi connectivity index (χ0) is 13.3. The molecule has 0 aromatic rings. The molecule has 0 rings (SSSR count). The highest BCUT2D eigenvalue weighted by atomic mass is 14.8. The molecule has 3 N–H and O–H groups in total. The van der Waals surface area contributed by atoms with E-state index in [0.717, 1.165) is 0 Å². The zero-order valence-corrected chi connectivity index (χ0v) is 10.2. The number of rotatable bonds is 6. The Morgan fingerprint density at radius 2 is 2.18 bits per heavy atom. The molecule has 17 heavy (non-hydrogen) atoms. The van der Waals surface area contributed by atoms with Gasteiger partial charge in [0, 0.05) is 31.1 Å². The van der Waals surface area contributed by atoms with Crippen LogP contribution in [-0.2, 0) is 0 Å². The number of hydrogen-bond donors (Lipinski definition) is 2. The second kappa shape index (κ2) is 8.02. The molecule has 0 fully saturated rings. The average Bonchev–Trinajstić information content (AvgIpc) is 2.32. The molecule has 0 atom stereocenters. The van der Waals surface area contributed by atoms with Gasteiger partial charge in [0.2, 0.25) is 0 Å². The van der Waals surface area contributed by atoms with E-state index in [2.05, 4.69) is 28.5 Å². The van der Waals surface area contributed by atoms with E-state index in [0.29, 0.717) is 23.5 Å². The molecule has 0 aliphatic heterocycles. The highest BCUT2D eigenvalue weighted by Gasteiger charge is 1.99. The Kier molecular flexibility index (Phi) is 6.99. The van der Waals surface area contributed by atoms with Crippen LogP contribution < -0.4 is 11.1 Å². The molecular weight excluding hydrogens is 214 g/mol. The SMILES string of the molecule is C=C(C#N)N=CC(=C)C(C=C(N)CNC)=NC. The van der Waals surface area contributed by atoms with Crippen LogP contribution in [0.4, 0.5) is 0 Å². The topological polar surface area (TPSA) is 86.6 Å². The van der Waals surface area contributed by atoms with Crippen molar-refractivity contribution in [3.05, 3.63) is 36.2 Å². The normalized spacial score (nSPS) is 12.5. The van der Waals surface area contributed by atoms with Crippen molar-refractivity contribution < 1.29 is 0 Å². The van der Waals surface area contributed by atoms with E-state index in [1.54, 1.807) is 20.2 Å². The summed E-state index contributed by atoms with van der Waals surface area (Å²) >= 11 is 0. The van der Waals surface area contributed by atoms with E-state index in [9.17, 15) is 0 Å². The summed E-state index contributed by atoms with van der Waals surface area (Å²) < 4.78 is 0. The predicted octanol–water partition coefficient (Wildman–Crippen LogP) is 0.783. The van der Waals surface area contributed by atoms with Crippen LogP contribution in [0.3, 0.4) is 0 Å². The van der Waals surface area contributed by atoms with Crippen molar-refractivity contribution in [2.75, 3.05) is 20.6 Å². The Morgan fingerprint density at radius 3 is 2.65 bits per heavy atom. The van der Waals surface area contributed by atoms with Gasteiger partial charge in [0.1, 0.15) is 11.8 Å². The van der Waals surface area contributed by atoms with Gasteiger partial charge in [-0.25, -0.2) is 4.99 Å². The van der Waals surface area contributed by atoms with Gasteiger partial charge in [0.15, 0.2) is 0 Å². The molecule has 0 aliphatic rings. The van der Waals surface area contributed by atoms with E-state index < -0.39 is 0 Å². The summed E-state index contributed by atoms with van der Waals surface area (Å²) in [6.45, 7) is 7.79. The molecule has 0 spiro atoms. The van der Waals surface area contributed by atoms with Crippen LogP contribution in [0.25, 0.3) is 0 Å². The van der Waals surface area contributed by atoms with Crippen LogP contribution in [0.1, 0.15) is 0 Å². The minimum atomic E-state index is 0.119. The van der Waals surface area contributed by atoms with Crippen molar-refractivity contribution in [3.63, 3.8) is 0 Å². The molecule has 90 valence electrons. The van der Waals surface area contributed by atoms with Gasteiger partial charge in [0.25, 0.3) is 0 Å². The number of likely N-dealkylation sites (N-methyl/N-ethyl adjacent to an activating group) is 1. The third-order valence-electron chi connectivity index (χ3n) is 1.78. The van der Waals surface area contributed by atoms with Gasteiger partial charge in [-0.15, -0.1) is 0 Å². The first-order valence-corrected chi connectivity index (χ1v) is 4.95. The number of aliphatic imine (C=N–C) groups is 2. The largest absolute Gasteiger partial charge is 0.401 e. The Labute approximate surface area is 102 Å². The maximum atomic E-state index is 8.50. The maximum Gasteiger partial charge on any atom is 0.133 e. The summed E-state index contributed by atoms with van der Waals surface area (Å²) in [5.74, 6) is 0. The smallest absolute Gasteiger partial charge is 0.133 e. The Hall–Kier alpha value is -2.19. The molecule has 0 saturated heterocycles. The molecule has 5 heteroatoms. The second-order valence-electron chi connectivity index (χ2n) is 3.20.